The van der Waals surface area contributed by atoms with Crippen LogP contribution in [0.4, 0.5) is 4.39 Å². The van der Waals surface area contributed by atoms with E-state index in [9.17, 15) is 14.0 Å². The maximum atomic E-state index is 13.2. The number of amides is 1. The lowest BCUT2D eigenvalue weighted by atomic mass is 10.0. The van der Waals surface area contributed by atoms with Crippen LogP contribution in [0.1, 0.15) is 29.9 Å². The minimum absolute atomic E-state index is 0.135. The molecule has 0 aliphatic rings. The summed E-state index contributed by atoms with van der Waals surface area (Å²) in [7, 11) is 1.29. The van der Waals surface area contributed by atoms with Crippen LogP contribution in [-0.4, -0.2) is 34.8 Å². The molecule has 0 aliphatic heterocycles. The number of ether oxygens (including phenoxy) is 1. The highest BCUT2D eigenvalue weighted by Gasteiger charge is 2.27. The van der Waals surface area contributed by atoms with E-state index in [0.29, 0.717) is 11.9 Å². The van der Waals surface area contributed by atoms with Crippen LogP contribution < -0.4 is 5.32 Å². The highest BCUT2D eigenvalue weighted by Crippen LogP contribution is 2.20. The van der Waals surface area contributed by atoms with Crippen molar-refractivity contribution in [3.8, 4) is 0 Å². The van der Waals surface area contributed by atoms with E-state index in [0.717, 1.165) is 11.1 Å². The normalized spacial score (nSPS) is 12.2. The SMILES string of the molecule is COC(=O)C(NC(=O)c1nn(Cc2ccc(F)cc2)c2ccccc12)C(C)C. The van der Waals surface area contributed by atoms with Gasteiger partial charge in [-0.25, -0.2) is 9.18 Å². The van der Waals surface area contributed by atoms with E-state index in [2.05, 4.69) is 10.4 Å². The zero-order valence-corrected chi connectivity index (χ0v) is 16.0. The topological polar surface area (TPSA) is 73.2 Å². The van der Waals surface area contributed by atoms with E-state index in [1.165, 1.54) is 19.2 Å². The molecule has 2 aromatic carbocycles. The van der Waals surface area contributed by atoms with Crippen LogP contribution in [0.25, 0.3) is 10.9 Å². The maximum Gasteiger partial charge on any atom is 0.328 e. The Hall–Kier alpha value is -3.22. The second kappa shape index (κ2) is 8.21. The summed E-state index contributed by atoms with van der Waals surface area (Å²) in [5.41, 5.74) is 1.86. The minimum atomic E-state index is -0.765. The minimum Gasteiger partial charge on any atom is -0.467 e. The molecule has 0 spiro atoms. The lowest BCUT2D eigenvalue weighted by molar-refractivity contribution is -0.144. The summed E-state index contributed by atoms with van der Waals surface area (Å²) in [6.45, 7) is 4.04. The molecule has 1 amide bonds. The predicted molar refractivity (Wildman–Crippen MR) is 103 cm³/mol. The third-order valence-electron chi connectivity index (χ3n) is 4.53. The van der Waals surface area contributed by atoms with Gasteiger partial charge in [0.05, 0.1) is 19.2 Å². The van der Waals surface area contributed by atoms with Crippen molar-refractivity contribution < 1.29 is 18.7 Å². The van der Waals surface area contributed by atoms with Gasteiger partial charge in [0, 0.05) is 5.39 Å². The number of halogens is 1. The number of fused-ring (bicyclic) bond motifs is 1. The average molecular weight is 383 g/mol. The molecular formula is C21H22FN3O3. The Labute approximate surface area is 162 Å². The number of hydrogen-bond donors (Lipinski definition) is 1. The number of rotatable bonds is 6. The van der Waals surface area contributed by atoms with Crippen LogP contribution in [-0.2, 0) is 16.1 Å². The molecule has 0 bridgehead atoms. The number of nitrogens with one attached hydrogen (secondary N) is 1. The number of para-hydroxylation sites is 1. The molecule has 6 nitrogen and oxygen atoms in total. The fourth-order valence-electron chi connectivity index (χ4n) is 3.01. The van der Waals surface area contributed by atoms with Gasteiger partial charge in [-0.2, -0.15) is 5.10 Å². The van der Waals surface area contributed by atoms with E-state index in [1.54, 1.807) is 22.9 Å². The van der Waals surface area contributed by atoms with Crippen LogP contribution in [0.2, 0.25) is 0 Å². The van der Waals surface area contributed by atoms with Gasteiger partial charge >= 0.3 is 5.97 Å². The summed E-state index contributed by atoms with van der Waals surface area (Å²) >= 11 is 0. The van der Waals surface area contributed by atoms with Crippen LogP contribution >= 0.6 is 0 Å². The van der Waals surface area contributed by atoms with Gasteiger partial charge in [0.25, 0.3) is 5.91 Å². The van der Waals surface area contributed by atoms with Crippen molar-refractivity contribution in [2.24, 2.45) is 5.92 Å². The first kappa shape index (κ1) is 19.5. The first-order valence-electron chi connectivity index (χ1n) is 8.99. The average Bonchev–Trinajstić information content (AvgIpc) is 3.05. The molecular weight excluding hydrogens is 361 g/mol. The van der Waals surface area contributed by atoms with E-state index in [4.69, 9.17) is 4.74 Å². The zero-order valence-electron chi connectivity index (χ0n) is 16.0. The molecule has 0 saturated heterocycles. The largest absolute Gasteiger partial charge is 0.467 e. The van der Waals surface area contributed by atoms with Gasteiger partial charge in [0.15, 0.2) is 5.69 Å². The predicted octanol–water partition coefficient (Wildman–Crippen LogP) is 3.15. The third kappa shape index (κ3) is 4.03. The number of benzene rings is 2. The molecule has 1 aromatic heterocycles. The van der Waals surface area contributed by atoms with Crippen molar-refractivity contribution >= 4 is 22.8 Å². The molecule has 1 N–H and O–H groups in total. The summed E-state index contributed by atoms with van der Waals surface area (Å²) in [6.07, 6.45) is 0. The van der Waals surface area contributed by atoms with Gasteiger partial charge in [-0.3, -0.25) is 9.48 Å². The second-order valence-electron chi connectivity index (χ2n) is 6.87. The zero-order chi connectivity index (χ0) is 20.3. The lowest BCUT2D eigenvalue weighted by Crippen LogP contribution is -2.45. The summed E-state index contributed by atoms with van der Waals surface area (Å²) in [5.74, 6) is -1.39. The van der Waals surface area contributed by atoms with Crippen molar-refractivity contribution in [1.29, 1.82) is 0 Å². The van der Waals surface area contributed by atoms with E-state index in [-0.39, 0.29) is 17.4 Å². The maximum absolute atomic E-state index is 13.2. The summed E-state index contributed by atoms with van der Waals surface area (Å²) in [6, 6.07) is 12.7. The number of methoxy groups -OCH3 is 1. The fourth-order valence-corrected chi connectivity index (χ4v) is 3.01. The molecule has 0 fully saturated rings. The molecule has 1 unspecified atom stereocenters. The Bertz CT molecular complexity index is 996. The molecule has 3 rings (SSSR count). The number of hydrogen-bond acceptors (Lipinski definition) is 4. The molecule has 0 radical (unpaired) electrons. The van der Waals surface area contributed by atoms with Gasteiger partial charge in [-0.05, 0) is 29.7 Å². The van der Waals surface area contributed by atoms with Gasteiger partial charge in [-0.1, -0.05) is 44.2 Å². The molecule has 0 aliphatic carbocycles. The molecule has 1 heterocycles. The van der Waals surface area contributed by atoms with Gasteiger partial charge in [0.2, 0.25) is 0 Å². The van der Waals surface area contributed by atoms with Crippen molar-refractivity contribution in [3.05, 3.63) is 65.6 Å². The Morgan fingerprint density at radius 1 is 1.14 bits per heavy atom. The van der Waals surface area contributed by atoms with Gasteiger partial charge < -0.3 is 10.1 Å². The first-order valence-corrected chi connectivity index (χ1v) is 8.99. The Morgan fingerprint density at radius 3 is 2.46 bits per heavy atom. The fraction of sp³-hybridized carbons (Fsp3) is 0.286. The molecule has 0 saturated carbocycles. The van der Waals surface area contributed by atoms with Crippen molar-refractivity contribution in [2.75, 3.05) is 7.11 Å². The second-order valence-corrected chi connectivity index (χ2v) is 6.87. The molecule has 28 heavy (non-hydrogen) atoms. The van der Waals surface area contributed by atoms with Gasteiger partial charge in [-0.15, -0.1) is 0 Å². The summed E-state index contributed by atoms with van der Waals surface area (Å²) in [4.78, 5) is 24.8. The standard InChI is InChI=1S/C21H22FN3O3/c1-13(2)18(21(27)28-3)23-20(26)19-16-6-4-5-7-17(16)25(24-19)12-14-8-10-15(22)11-9-14/h4-11,13,18H,12H2,1-3H3,(H,23,26). The highest BCUT2D eigenvalue weighted by atomic mass is 19.1. The van der Waals surface area contributed by atoms with E-state index < -0.39 is 17.9 Å². The monoisotopic (exact) mass is 383 g/mol. The van der Waals surface area contributed by atoms with E-state index in [1.807, 2.05) is 32.0 Å². The Kier molecular flexibility index (Phi) is 5.73. The first-order chi connectivity index (χ1) is 13.4. The molecule has 146 valence electrons. The van der Waals surface area contributed by atoms with Crippen molar-refractivity contribution in [1.82, 2.24) is 15.1 Å². The highest BCUT2D eigenvalue weighted by molar-refractivity contribution is 6.06. The van der Waals surface area contributed by atoms with Crippen LogP contribution in [0.5, 0.6) is 0 Å². The van der Waals surface area contributed by atoms with Crippen LogP contribution in [0, 0.1) is 11.7 Å². The van der Waals surface area contributed by atoms with Crippen molar-refractivity contribution in [2.45, 2.75) is 26.4 Å². The van der Waals surface area contributed by atoms with Gasteiger partial charge in [0.1, 0.15) is 11.9 Å². The summed E-state index contributed by atoms with van der Waals surface area (Å²) < 4.78 is 19.6. The quantitative estimate of drug-likeness (QED) is 0.664. The van der Waals surface area contributed by atoms with Crippen LogP contribution in [0.3, 0.4) is 0 Å². The lowest BCUT2D eigenvalue weighted by Gasteiger charge is -2.19. The number of esters is 1. The number of aromatic nitrogens is 2. The summed E-state index contributed by atoms with van der Waals surface area (Å²) in [5, 5.41) is 7.86. The third-order valence-corrected chi connectivity index (χ3v) is 4.53. The number of carbonyl (C=O) groups excluding carboxylic acids is 2. The number of nitrogens with zero attached hydrogens (tertiary/aromatic N) is 2. The molecule has 7 heteroatoms. The van der Waals surface area contributed by atoms with Crippen LogP contribution in [0.15, 0.2) is 48.5 Å². The smallest absolute Gasteiger partial charge is 0.328 e. The van der Waals surface area contributed by atoms with Crippen molar-refractivity contribution in [3.63, 3.8) is 0 Å². The molecule has 1 atom stereocenters. The number of carbonyl (C=O) groups is 2. The van der Waals surface area contributed by atoms with E-state index >= 15 is 0 Å². The Morgan fingerprint density at radius 2 is 1.82 bits per heavy atom. The molecule has 3 aromatic rings. The Balaban J connectivity index is 1.94.